The van der Waals surface area contributed by atoms with Gasteiger partial charge in [0, 0.05) is 37.7 Å². The quantitative estimate of drug-likeness (QED) is 0.389. The van der Waals surface area contributed by atoms with Crippen molar-refractivity contribution in [3.05, 3.63) is 76.9 Å². The number of nitrogens with zero attached hydrogens (tertiary/aromatic N) is 4. The number of nitrogens with one attached hydrogen (secondary N) is 1. The highest BCUT2D eigenvalue weighted by Gasteiger charge is 2.37. The lowest BCUT2D eigenvalue weighted by atomic mass is 10.0. The summed E-state index contributed by atoms with van der Waals surface area (Å²) in [5, 5.41) is 2.38. The topological polar surface area (TPSA) is 88.1 Å². The largest absolute Gasteiger partial charge is 0.416 e. The molecule has 1 aliphatic carbocycles. The fourth-order valence-electron chi connectivity index (χ4n) is 3.95. The summed E-state index contributed by atoms with van der Waals surface area (Å²) in [4.78, 5) is 39.7. The van der Waals surface area contributed by atoms with Gasteiger partial charge in [-0.15, -0.1) is 0 Å². The van der Waals surface area contributed by atoms with E-state index < -0.39 is 41.0 Å². The van der Waals surface area contributed by atoms with E-state index in [-0.39, 0.29) is 23.4 Å². The van der Waals surface area contributed by atoms with E-state index >= 15 is 0 Å². The van der Waals surface area contributed by atoms with E-state index in [1.807, 2.05) is 0 Å². The molecule has 1 aliphatic rings. The summed E-state index contributed by atoms with van der Waals surface area (Å²) in [7, 11) is 1.71. The summed E-state index contributed by atoms with van der Waals surface area (Å²) in [6.07, 6.45) is -3.94. The number of alkyl halides is 6. The van der Waals surface area contributed by atoms with E-state index in [1.54, 1.807) is 24.1 Å². The van der Waals surface area contributed by atoms with Gasteiger partial charge in [0.05, 0.1) is 34.1 Å². The Morgan fingerprint density at radius 3 is 2.10 bits per heavy atom. The molecule has 2 heterocycles. The highest BCUT2D eigenvalue weighted by molar-refractivity contribution is 5.95. The number of carbonyl (C=O) groups is 2. The van der Waals surface area contributed by atoms with Crippen LogP contribution in [0.15, 0.2) is 48.9 Å². The van der Waals surface area contributed by atoms with Crippen LogP contribution in [-0.2, 0) is 12.4 Å². The van der Waals surface area contributed by atoms with Crippen molar-refractivity contribution in [3.63, 3.8) is 0 Å². The van der Waals surface area contributed by atoms with Gasteiger partial charge in [0.25, 0.3) is 11.8 Å². The number of aromatic nitrogens is 3. The van der Waals surface area contributed by atoms with Gasteiger partial charge in [-0.2, -0.15) is 26.3 Å². The molecule has 0 radical (unpaired) electrons. The van der Waals surface area contributed by atoms with E-state index in [2.05, 4.69) is 20.3 Å². The van der Waals surface area contributed by atoms with Gasteiger partial charge < -0.3 is 10.2 Å². The van der Waals surface area contributed by atoms with Crippen LogP contribution in [-0.4, -0.2) is 45.3 Å². The Hall–Kier alpha value is -4.03. The first-order chi connectivity index (χ1) is 18.2. The highest BCUT2D eigenvalue weighted by atomic mass is 19.4. The van der Waals surface area contributed by atoms with Crippen LogP contribution in [0.3, 0.4) is 0 Å². The Labute approximate surface area is 219 Å². The normalized spacial score (nSPS) is 14.6. The third-order valence-electron chi connectivity index (χ3n) is 6.16. The number of amides is 2. The zero-order valence-corrected chi connectivity index (χ0v) is 20.8. The lowest BCUT2D eigenvalue weighted by molar-refractivity contribution is -0.143. The molecule has 2 amide bonds. The molecular formula is C26H23F6N5O2. The second kappa shape index (κ2) is 10.6. The van der Waals surface area contributed by atoms with Gasteiger partial charge in [-0.05, 0) is 56.0 Å². The molecule has 7 nitrogen and oxygen atoms in total. The molecule has 0 aliphatic heterocycles. The van der Waals surface area contributed by atoms with Crippen LogP contribution in [0.2, 0.25) is 0 Å². The van der Waals surface area contributed by atoms with Gasteiger partial charge in [-0.1, -0.05) is 0 Å². The fourth-order valence-corrected chi connectivity index (χ4v) is 3.95. The zero-order chi connectivity index (χ0) is 28.5. The minimum atomic E-state index is -5.09. The van der Waals surface area contributed by atoms with Crippen LogP contribution in [0.1, 0.15) is 63.3 Å². The first kappa shape index (κ1) is 28.0. The highest BCUT2D eigenvalue weighted by Crippen LogP contribution is 2.36. The predicted octanol–water partition coefficient (Wildman–Crippen LogP) is 5.55. The molecule has 1 fully saturated rings. The van der Waals surface area contributed by atoms with Crippen molar-refractivity contribution in [3.8, 4) is 11.4 Å². The van der Waals surface area contributed by atoms with Crippen LogP contribution in [0.4, 0.5) is 26.3 Å². The molecule has 2 aromatic heterocycles. The average molecular weight is 551 g/mol. The Bertz CT molecular complexity index is 1340. The molecule has 1 N–H and O–H groups in total. The molecule has 1 saturated carbocycles. The van der Waals surface area contributed by atoms with Gasteiger partial charge in [-0.25, -0.2) is 0 Å². The zero-order valence-electron chi connectivity index (χ0n) is 20.8. The van der Waals surface area contributed by atoms with E-state index in [4.69, 9.17) is 0 Å². The number of rotatable bonds is 7. The van der Waals surface area contributed by atoms with Crippen LogP contribution >= 0.6 is 0 Å². The summed E-state index contributed by atoms with van der Waals surface area (Å²) in [6, 6.07) is 2.79. The first-order valence-electron chi connectivity index (χ1n) is 11.9. The van der Waals surface area contributed by atoms with Crippen molar-refractivity contribution in [2.24, 2.45) is 5.92 Å². The molecule has 0 bridgehead atoms. The number of carbonyl (C=O) groups excluding carboxylic acids is 2. The second-order valence-corrected chi connectivity index (χ2v) is 9.34. The summed E-state index contributed by atoms with van der Waals surface area (Å²) < 4.78 is 79.2. The number of pyridine rings is 1. The average Bonchev–Trinajstić information content (AvgIpc) is 3.71. The van der Waals surface area contributed by atoms with E-state index in [0.29, 0.717) is 35.9 Å². The van der Waals surface area contributed by atoms with Crippen molar-refractivity contribution in [2.75, 3.05) is 13.6 Å². The Morgan fingerprint density at radius 2 is 1.56 bits per heavy atom. The maximum absolute atomic E-state index is 13.2. The molecule has 39 heavy (non-hydrogen) atoms. The monoisotopic (exact) mass is 551 g/mol. The van der Waals surface area contributed by atoms with Gasteiger partial charge in [-0.3, -0.25) is 24.5 Å². The molecule has 0 saturated heterocycles. The lowest BCUT2D eigenvalue weighted by Gasteiger charge is -2.18. The van der Waals surface area contributed by atoms with Crippen LogP contribution in [0.25, 0.3) is 11.4 Å². The number of benzene rings is 1. The first-order valence-corrected chi connectivity index (χ1v) is 11.9. The summed E-state index contributed by atoms with van der Waals surface area (Å²) >= 11 is 0. The van der Waals surface area contributed by atoms with Crippen molar-refractivity contribution in [1.82, 2.24) is 25.2 Å². The SMILES string of the molecule is C[C@@H](NC(=O)c1cc(C(F)(F)F)cc(C(F)(F)F)c1)c1nccnc1-c1ccc(C(=O)N(C)CC2CC2)cn1. The maximum Gasteiger partial charge on any atom is 0.416 e. The number of hydrogen-bond acceptors (Lipinski definition) is 5. The third-order valence-corrected chi connectivity index (χ3v) is 6.16. The third kappa shape index (κ3) is 6.70. The van der Waals surface area contributed by atoms with Crippen molar-refractivity contribution in [1.29, 1.82) is 0 Å². The summed E-state index contributed by atoms with van der Waals surface area (Å²) in [5.74, 6) is -0.843. The van der Waals surface area contributed by atoms with E-state index in [1.165, 1.54) is 25.5 Å². The molecule has 1 aromatic carbocycles. The Kier molecular flexibility index (Phi) is 7.62. The van der Waals surface area contributed by atoms with Crippen molar-refractivity contribution >= 4 is 11.8 Å². The van der Waals surface area contributed by atoms with Crippen LogP contribution < -0.4 is 5.32 Å². The van der Waals surface area contributed by atoms with Gasteiger partial charge >= 0.3 is 12.4 Å². The molecule has 0 unspecified atom stereocenters. The van der Waals surface area contributed by atoms with Gasteiger partial charge in [0.15, 0.2) is 0 Å². The summed E-state index contributed by atoms with van der Waals surface area (Å²) in [6.45, 7) is 2.11. The van der Waals surface area contributed by atoms with Gasteiger partial charge in [0.1, 0.15) is 5.69 Å². The van der Waals surface area contributed by atoms with Crippen LogP contribution in [0.5, 0.6) is 0 Å². The molecule has 13 heteroatoms. The molecule has 4 rings (SSSR count). The van der Waals surface area contributed by atoms with Crippen molar-refractivity contribution in [2.45, 2.75) is 38.2 Å². The maximum atomic E-state index is 13.2. The lowest BCUT2D eigenvalue weighted by Crippen LogP contribution is -2.29. The second-order valence-electron chi connectivity index (χ2n) is 9.34. The predicted molar refractivity (Wildman–Crippen MR) is 127 cm³/mol. The Morgan fingerprint density at radius 1 is 0.949 bits per heavy atom. The van der Waals surface area contributed by atoms with Crippen molar-refractivity contribution < 1.29 is 35.9 Å². The number of halogens is 6. The standard InChI is InChI=1S/C26H23F6N5O2/c1-14(36-23(38)17-9-18(25(27,28)29)11-19(10-17)26(30,31)32)21-22(34-8-7-33-21)20-6-5-16(12-35-20)24(39)37(2)13-15-3-4-15/h5-12,14-15H,3-4,13H2,1-2H3,(H,36,38)/t14-/m1/s1. The van der Waals surface area contributed by atoms with E-state index in [0.717, 1.165) is 12.8 Å². The van der Waals surface area contributed by atoms with Gasteiger partial charge in [0.2, 0.25) is 0 Å². The molecule has 206 valence electrons. The molecule has 1 atom stereocenters. The fraction of sp³-hybridized carbons (Fsp3) is 0.346. The minimum absolute atomic E-state index is 0.0508. The molecule has 0 spiro atoms. The molecular weight excluding hydrogens is 528 g/mol. The minimum Gasteiger partial charge on any atom is -0.344 e. The molecule has 3 aromatic rings. The van der Waals surface area contributed by atoms with E-state index in [9.17, 15) is 35.9 Å². The summed E-state index contributed by atoms with van der Waals surface area (Å²) in [5.41, 5.74) is -2.96. The number of hydrogen-bond donors (Lipinski definition) is 1. The smallest absolute Gasteiger partial charge is 0.344 e. The Balaban J connectivity index is 1.56. The van der Waals surface area contributed by atoms with Crippen LogP contribution in [0, 0.1) is 5.92 Å².